The molecule has 1 amide bonds. The Hall–Kier alpha value is -0.940. The molecule has 0 saturated heterocycles. The maximum Gasteiger partial charge on any atom is 0.263 e. The molecule has 0 radical (unpaired) electrons. The third kappa shape index (κ3) is 4.28. The van der Waals surface area contributed by atoms with Crippen molar-refractivity contribution in [2.75, 3.05) is 13.2 Å². The average Bonchev–Trinajstić information content (AvgIpc) is 2.77. The Morgan fingerprint density at radius 3 is 2.94 bits per heavy atom. The van der Waals surface area contributed by atoms with Gasteiger partial charge in [0.15, 0.2) is 0 Å². The number of aromatic nitrogens is 1. The van der Waals surface area contributed by atoms with Gasteiger partial charge in [-0.25, -0.2) is 0 Å². The zero-order chi connectivity index (χ0) is 12.0. The Labute approximate surface area is 99.7 Å². The third-order valence-corrected chi connectivity index (χ3v) is 3.17. The van der Waals surface area contributed by atoms with Gasteiger partial charge in [-0.05, 0) is 18.3 Å². The lowest BCUT2D eigenvalue weighted by molar-refractivity contribution is 0.0937. The van der Waals surface area contributed by atoms with Crippen molar-refractivity contribution in [1.29, 1.82) is 0 Å². The van der Waals surface area contributed by atoms with Gasteiger partial charge >= 0.3 is 0 Å². The predicted molar refractivity (Wildman–Crippen MR) is 64.5 cm³/mol. The largest absolute Gasteiger partial charge is 0.396 e. The van der Waals surface area contributed by atoms with Gasteiger partial charge in [-0.3, -0.25) is 9.78 Å². The fraction of sp³-hybridized carbons (Fsp3) is 0.636. The average molecular weight is 242 g/mol. The molecule has 0 spiro atoms. The summed E-state index contributed by atoms with van der Waals surface area (Å²) in [5.41, 5.74) is 1.66. The molecule has 1 rings (SSSR count). The quantitative estimate of drug-likeness (QED) is 0.797. The summed E-state index contributed by atoms with van der Waals surface area (Å²) in [4.78, 5) is 16.1. The predicted octanol–water partition coefficient (Wildman–Crippen LogP) is 1.67. The van der Waals surface area contributed by atoms with Gasteiger partial charge in [-0.1, -0.05) is 13.8 Å². The lowest BCUT2D eigenvalue weighted by atomic mass is 9.88. The third-order valence-electron chi connectivity index (χ3n) is 2.40. The van der Waals surface area contributed by atoms with Crippen LogP contribution in [0.4, 0.5) is 0 Å². The minimum Gasteiger partial charge on any atom is -0.396 e. The molecule has 0 aliphatic rings. The van der Waals surface area contributed by atoms with Gasteiger partial charge in [0.1, 0.15) is 4.88 Å². The van der Waals surface area contributed by atoms with Crippen LogP contribution in [0, 0.1) is 5.41 Å². The van der Waals surface area contributed by atoms with Crippen molar-refractivity contribution in [2.24, 2.45) is 5.41 Å². The van der Waals surface area contributed by atoms with Crippen molar-refractivity contribution in [2.45, 2.75) is 26.7 Å². The summed E-state index contributed by atoms with van der Waals surface area (Å²) in [6, 6.07) is 0. The van der Waals surface area contributed by atoms with E-state index in [9.17, 15) is 4.79 Å². The van der Waals surface area contributed by atoms with Crippen LogP contribution in [0.1, 0.15) is 36.4 Å². The van der Waals surface area contributed by atoms with E-state index < -0.39 is 0 Å². The van der Waals surface area contributed by atoms with Gasteiger partial charge in [-0.2, -0.15) is 0 Å². The first-order chi connectivity index (χ1) is 7.55. The van der Waals surface area contributed by atoms with E-state index in [0.717, 1.165) is 12.8 Å². The molecule has 1 aromatic heterocycles. The van der Waals surface area contributed by atoms with Gasteiger partial charge in [0.2, 0.25) is 0 Å². The molecule has 1 aromatic rings. The molecule has 0 aromatic carbocycles. The minimum absolute atomic E-state index is 0.0169. The Bertz CT molecular complexity index is 323. The first-order valence-corrected chi connectivity index (χ1v) is 6.21. The maximum atomic E-state index is 11.6. The molecule has 5 heteroatoms. The number of hydrogen-bond donors (Lipinski definition) is 2. The first-order valence-electron chi connectivity index (χ1n) is 5.33. The maximum absolute atomic E-state index is 11.6. The summed E-state index contributed by atoms with van der Waals surface area (Å²) in [6.45, 7) is 4.97. The molecule has 0 fully saturated rings. The van der Waals surface area contributed by atoms with E-state index in [-0.39, 0.29) is 17.9 Å². The van der Waals surface area contributed by atoms with E-state index >= 15 is 0 Å². The molecular formula is C11H18N2O2S. The highest BCUT2D eigenvalue weighted by molar-refractivity contribution is 7.11. The van der Waals surface area contributed by atoms with Crippen molar-refractivity contribution in [3.63, 3.8) is 0 Å². The second-order valence-corrected chi connectivity index (χ2v) is 5.43. The van der Waals surface area contributed by atoms with Crippen LogP contribution in [-0.2, 0) is 0 Å². The Balaban J connectivity index is 2.36. The van der Waals surface area contributed by atoms with Crippen LogP contribution in [0.3, 0.4) is 0 Å². The van der Waals surface area contributed by atoms with Crippen molar-refractivity contribution < 1.29 is 9.90 Å². The van der Waals surface area contributed by atoms with Crippen molar-refractivity contribution >= 4 is 17.2 Å². The number of amides is 1. The number of nitrogens with one attached hydrogen (secondary N) is 1. The van der Waals surface area contributed by atoms with Crippen molar-refractivity contribution in [1.82, 2.24) is 10.3 Å². The van der Waals surface area contributed by atoms with E-state index in [1.807, 2.05) is 0 Å². The molecule has 1 heterocycles. The number of aliphatic hydroxyl groups is 1. The number of hydrogen-bond acceptors (Lipinski definition) is 4. The lowest BCUT2D eigenvalue weighted by Gasteiger charge is -2.24. The first kappa shape index (κ1) is 13.1. The lowest BCUT2D eigenvalue weighted by Crippen LogP contribution is -2.33. The normalized spacial score (nSPS) is 11.4. The summed E-state index contributed by atoms with van der Waals surface area (Å²) in [6.07, 6.45) is 3.23. The summed E-state index contributed by atoms with van der Waals surface area (Å²) < 4.78 is 0. The number of thiazole rings is 1. The highest BCUT2D eigenvalue weighted by Crippen LogP contribution is 2.21. The van der Waals surface area contributed by atoms with Crippen LogP contribution >= 0.6 is 11.3 Å². The highest BCUT2D eigenvalue weighted by atomic mass is 32.1. The second kappa shape index (κ2) is 5.96. The van der Waals surface area contributed by atoms with Gasteiger partial charge in [0, 0.05) is 13.2 Å². The van der Waals surface area contributed by atoms with E-state index in [1.165, 1.54) is 11.3 Å². The van der Waals surface area contributed by atoms with Crippen LogP contribution in [0.25, 0.3) is 0 Å². The molecule has 0 aliphatic carbocycles. The molecule has 0 atom stereocenters. The fourth-order valence-corrected chi connectivity index (χ4v) is 1.92. The minimum atomic E-state index is -0.0698. The second-order valence-electron chi connectivity index (χ2n) is 4.54. The van der Waals surface area contributed by atoms with Crippen molar-refractivity contribution in [3.05, 3.63) is 16.6 Å². The summed E-state index contributed by atoms with van der Waals surface area (Å²) >= 11 is 1.34. The molecule has 0 saturated carbocycles. The standard InChI is InChI=1S/C11H18N2O2S/c1-11(2,4-3-5-14)7-13-10(15)9-6-12-8-16-9/h6,8,14H,3-5,7H2,1-2H3,(H,13,15). The van der Waals surface area contributed by atoms with Crippen LogP contribution in [0.2, 0.25) is 0 Å². The molecule has 0 aliphatic heterocycles. The SMILES string of the molecule is CC(C)(CCCO)CNC(=O)c1cncs1. The molecule has 0 unspecified atom stereocenters. The summed E-state index contributed by atoms with van der Waals surface area (Å²) in [7, 11) is 0. The smallest absolute Gasteiger partial charge is 0.263 e. The molecule has 2 N–H and O–H groups in total. The van der Waals surface area contributed by atoms with Crippen LogP contribution < -0.4 is 5.32 Å². The molecule has 0 bridgehead atoms. The monoisotopic (exact) mass is 242 g/mol. The topological polar surface area (TPSA) is 62.2 Å². The zero-order valence-corrected chi connectivity index (χ0v) is 10.5. The molecule has 4 nitrogen and oxygen atoms in total. The number of nitrogens with zero attached hydrogens (tertiary/aromatic N) is 1. The van der Waals surface area contributed by atoms with E-state index in [0.29, 0.717) is 11.4 Å². The fourth-order valence-electron chi connectivity index (χ4n) is 1.38. The Morgan fingerprint density at radius 2 is 2.38 bits per heavy atom. The van der Waals surface area contributed by atoms with Gasteiger partial charge in [0.05, 0.1) is 11.7 Å². The van der Waals surface area contributed by atoms with Crippen LogP contribution in [0.15, 0.2) is 11.7 Å². The molecular weight excluding hydrogens is 224 g/mol. The highest BCUT2D eigenvalue weighted by Gasteiger charge is 2.19. The van der Waals surface area contributed by atoms with E-state index in [4.69, 9.17) is 5.11 Å². The number of aliphatic hydroxyl groups excluding tert-OH is 1. The Morgan fingerprint density at radius 1 is 1.62 bits per heavy atom. The van der Waals surface area contributed by atoms with Gasteiger partial charge in [-0.15, -0.1) is 11.3 Å². The van der Waals surface area contributed by atoms with Crippen LogP contribution in [-0.4, -0.2) is 29.1 Å². The summed E-state index contributed by atoms with van der Waals surface area (Å²) in [5.74, 6) is -0.0698. The zero-order valence-electron chi connectivity index (χ0n) is 9.69. The summed E-state index contributed by atoms with van der Waals surface area (Å²) in [5, 5.41) is 11.6. The van der Waals surface area contributed by atoms with Crippen LogP contribution in [0.5, 0.6) is 0 Å². The number of carbonyl (C=O) groups is 1. The van der Waals surface area contributed by atoms with E-state index in [2.05, 4.69) is 24.1 Å². The molecule has 90 valence electrons. The number of carbonyl (C=O) groups excluding carboxylic acids is 1. The van der Waals surface area contributed by atoms with E-state index in [1.54, 1.807) is 11.7 Å². The molecule has 16 heavy (non-hydrogen) atoms. The van der Waals surface area contributed by atoms with Gasteiger partial charge in [0.25, 0.3) is 5.91 Å². The van der Waals surface area contributed by atoms with Gasteiger partial charge < -0.3 is 10.4 Å². The van der Waals surface area contributed by atoms with Crippen molar-refractivity contribution in [3.8, 4) is 0 Å². The number of rotatable bonds is 6. The Kier molecular flexibility index (Phi) is 4.89.